The van der Waals surface area contributed by atoms with E-state index in [4.69, 9.17) is 4.98 Å². The topological polar surface area (TPSA) is 12.9 Å². The average molecular weight is 378 g/mol. The van der Waals surface area contributed by atoms with Crippen molar-refractivity contribution in [2.75, 3.05) is 0 Å². The zero-order valence-corrected chi connectivity index (χ0v) is 17.3. The summed E-state index contributed by atoms with van der Waals surface area (Å²) in [5.74, 6) is 0. The minimum Gasteiger partial charge on any atom is -0.256 e. The third-order valence-electron chi connectivity index (χ3n) is 7.75. The molecule has 2 unspecified atom stereocenters. The van der Waals surface area contributed by atoms with Crippen LogP contribution in [0, 0.1) is 0 Å². The van der Waals surface area contributed by atoms with Crippen molar-refractivity contribution in [3.63, 3.8) is 0 Å². The minimum atomic E-state index is 0.343. The van der Waals surface area contributed by atoms with Crippen molar-refractivity contribution in [3.05, 3.63) is 83.6 Å². The van der Waals surface area contributed by atoms with Crippen molar-refractivity contribution in [2.24, 2.45) is 0 Å². The third kappa shape index (κ3) is 2.50. The summed E-state index contributed by atoms with van der Waals surface area (Å²) >= 11 is 0. The van der Waals surface area contributed by atoms with Gasteiger partial charge >= 0.3 is 0 Å². The molecule has 6 rings (SSSR count). The van der Waals surface area contributed by atoms with Crippen LogP contribution >= 0.6 is 0 Å². The van der Waals surface area contributed by atoms with Gasteiger partial charge in [-0.3, -0.25) is 4.98 Å². The second kappa shape index (κ2) is 5.92. The molecule has 144 valence electrons. The molecule has 1 fully saturated rings. The predicted octanol–water partition coefficient (Wildman–Crippen LogP) is 7.35. The lowest BCUT2D eigenvalue weighted by atomic mass is 9.77. The number of benzene rings is 2. The maximum atomic E-state index is 4.82. The molecule has 0 spiro atoms. The van der Waals surface area contributed by atoms with E-state index in [1.165, 1.54) is 46.7 Å². The number of aromatic nitrogens is 1. The van der Waals surface area contributed by atoms with Gasteiger partial charge in [-0.15, -0.1) is 0 Å². The molecule has 1 heteroatoms. The van der Waals surface area contributed by atoms with Gasteiger partial charge in [-0.2, -0.15) is 0 Å². The monoisotopic (exact) mass is 377 g/mol. The van der Waals surface area contributed by atoms with E-state index >= 15 is 0 Å². The van der Waals surface area contributed by atoms with Crippen LogP contribution in [0.1, 0.15) is 62.6 Å². The van der Waals surface area contributed by atoms with Crippen molar-refractivity contribution < 1.29 is 0 Å². The van der Waals surface area contributed by atoms with Crippen molar-refractivity contribution >= 4 is 16.3 Å². The second-order valence-electron chi connectivity index (χ2n) is 9.81. The number of rotatable bonds is 2. The Bertz CT molecular complexity index is 1200. The highest BCUT2D eigenvalue weighted by molar-refractivity contribution is 5.96. The Kier molecular flexibility index (Phi) is 3.51. The number of nitrogens with zero attached hydrogens (tertiary/aromatic N) is 1. The van der Waals surface area contributed by atoms with E-state index in [-0.39, 0.29) is 0 Å². The first-order valence-electron chi connectivity index (χ1n) is 11.0. The Balaban J connectivity index is 1.48. The smallest absolute Gasteiger partial charge is 0.0780 e. The molecule has 3 aromatic rings. The van der Waals surface area contributed by atoms with Gasteiger partial charge in [-0.05, 0) is 82.7 Å². The Morgan fingerprint density at radius 3 is 2.31 bits per heavy atom. The highest BCUT2D eigenvalue weighted by Crippen LogP contribution is 2.61. The summed E-state index contributed by atoms with van der Waals surface area (Å²) in [5, 5.41) is 2.63. The zero-order chi connectivity index (χ0) is 19.6. The van der Waals surface area contributed by atoms with Gasteiger partial charge in [0.25, 0.3) is 0 Å². The zero-order valence-electron chi connectivity index (χ0n) is 17.3. The van der Waals surface area contributed by atoms with Crippen molar-refractivity contribution in [1.82, 2.24) is 4.98 Å². The molecular weight excluding hydrogens is 350 g/mol. The van der Waals surface area contributed by atoms with Crippen LogP contribution in [0.25, 0.3) is 27.6 Å². The van der Waals surface area contributed by atoms with Crippen LogP contribution in [0.15, 0.2) is 66.9 Å². The molecule has 0 N–H and O–H groups in total. The molecule has 3 aliphatic carbocycles. The average Bonchev–Trinajstić information content (AvgIpc) is 3.20. The van der Waals surface area contributed by atoms with Gasteiger partial charge in [-0.25, -0.2) is 0 Å². The summed E-state index contributed by atoms with van der Waals surface area (Å²) in [6.45, 7) is 4.93. The van der Waals surface area contributed by atoms with Gasteiger partial charge in [0.1, 0.15) is 0 Å². The van der Waals surface area contributed by atoms with Gasteiger partial charge in [0, 0.05) is 17.1 Å². The molecule has 1 saturated carbocycles. The Hall–Kier alpha value is -2.67. The summed E-state index contributed by atoms with van der Waals surface area (Å²) < 4.78 is 0. The van der Waals surface area contributed by atoms with Gasteiger partial charge in [0.2, 0.25) is 0 Å². The maximum Gasteiger partial charge on any atom is 0.0780 e. The van der Waals surface area contributed by atoms with Gasteiger partial charge in [0.05, 0.1) is 5.69 Å². The highest BCUT2D eigenvalue weighted by Gasteiger charge is 2.52. The van der Waals surface area contributed by atoms with Crippen LogP contribution in [-0.4, -0.2) is 4.98 Å². The van der Waals surface area contributed by atoms with E-state index < -0.39 is 0 Å². The van der Waals surface area contributed by atoms with Crippen LogP contribution in [-0.2, 0) is 10.8 Å². The normalized spacial score (nSPS) is 27.3. The molecule has 0 saturated heterocycles. The van der Waals surface area contributed by atoms with Crippen LogP contribution in [0.2, 0.25) is 0 Å². The molecule has 0 aliphatic heterocycles. The number of fused-ring (bicyclic) bond motifs is 6. The largest absolute Gasteiger partial charge is 0.256 e. The quantitative estimate of drug-likeness (QED) is 0.455. The lowest BCUT2D eigenvalue weighted by Gasteiger charge is -2.27. The molecule has 1 aromatic heterocycles. The standard InChI is InChI=1S/C28H27N/c1-27-13-14-28(2,18-27)25-17-23-22(16-24(25)27)12-15-29-26(23)21-10-8-20(9-11-21)19-6-4-3-5-7-19/h3-4,6,8-12,15-17H,5,7,13-14,18H2,1-2H3. The molecule has 0 amide bonds. The Morgan fingerprint density at radius 1 is 0.862 bits per heavy atom. The van der Waals surface area contributed by atoms with Crippen LogP contribution in [0.4, 0.5) is 0 Å². The first kappa shape index (κ1) is 17.2. The SMILES string of the molecule is CC12CCC(C)(C1)c1cc3c(-c4ccc(C5=CC=CCC5)cc4)nccc3cc12. The molecule has 2 atom stereocenters. The number of allylic oxidation sites excluding steroid dienone is 4. The van der Waals surface area contributed by atoms with Crippen molar-refractivity contribution in [1.29, 1.82) is 0 Å². The first-order valence-corrected chi connectivity index (χ1v) is 11.0. The highest BCUT2D eigenvalue weighted by atomic mass is 14.7. The lowest BCUT2D eigenvalue weighted by Crippen LogP contribution is -2.17. The van der Waals surface area contributed by atoms with E-state index in [0.717, 1.165) is 18.5 Å². The lowest BCUT2D eigenvalue weighted by molar-refractivity contribution is 0.484. The van der Waals surface area contributed by atoms with E-state index in [2.05, 4.69) is 74.5 Å². The fourth-order valence-electron chi connectivity index (χ4n) is 6.18. The molecular formula is C28H27N. The first-order chi connectivity index (χ1) is 14.1. The number of hydrogen-bond donors (Lipinski definition) is 0. The van der Waals surface area contributed by atoms with Gasteiger partial charge in [0.15, 0.2) is 0 Å². The summed E-state index contributed by atoms with van der Waals surface area (Å²) in [5.41, 5.74) is 8.96. The molecule has 29 heavy (non-hydrogen) atoms. The predicted molar refractivity (Wildman–Crippen MR) is 122 cm³/mol. The van der Waals surface area contributed by atoms with E-state index in [0.29, 0.717) is 10.8 Å². The minimum absolute atomic E-state index is 0.343. The van der Waals surface area contributed by atoms with E-state index in [1.807, 2.05) is 6.20 Å². The Labute approximate surface area is 173 Å². The molecule has 1 heterocycles. The molecule has 1 nitrogen and oxygen atoms in total. The van der Waals surface area contributed by atoms with Crippen LogP contribution in [0.5, 0.6) is 0 Å². The van der Waals surface area contributed by atoms with Crippen molar-refractivity contribution in [3.8, 4) is 11.3 Å². The van der Waals surface area contributed by atoms with Gasteiger partial charge < -0.3 is 0 Å². The molecule has 2 bridgehead atoms. The fourth-order valence-corrected chi connectivity index (χ4v) is 6.18. The van der Waals surface area contributed by atoms with Crippen LogP contribution < -0.4 is 0 Å². The summed E-state index contributed by atoms with van der Waals surface area (Å²) in [6.07, 6.45) is 14.8. The van der Waals surface area contributed by atoms with Crippen LogP contribution in [0.3, 0.4) is 0 Å². The fraction of sp³-hybridized carbons (Fsp3) is 0.321. The Morgan fingerprint density at radius 2 is 1.59 bits per heavy atom. The maximum absolute atomic E-state index is 4.82. The molecule has 0 radical (unpaired) electrons. The van der Waals surface area contributed by atoms with Gasteiger partial charge in [-0.1, -0.05) is 62.4 Å². The number of pyridine rings is 1. The third-order valence-corrected chi connectivity index (χ3v) is 7.75. The van der Waals surface area contributed by atoms with E-state index in [9.17, 15) is 0 Å². The summed E-state index contributed by atoms with van der Waals surface area (Å²) in [4.78, 5) is 4.82. The van der Waals surface area contributed by atoms with Crippen molar-refractivity contribution in [2.45, 2.75) is 56.8 Å². The summed E-state index contributed by atoms with van der Waals surface area (Å²) in [6, 6.07) is 16.1. The molecule has 3 aliphatic rings. The summed E-state index contributed by atoms with van der Waals surface area (Å²) in [7, 11) is 0. The second-order valence-corrected chi connectivity index (χ2v) is 9.81. The van der Waals surface area contributed by atoms with E-state index in [1.54, 1.807) is 11.1 Å². The number of hydrogen-bond acceptors (Lipinski definition) is 1. The molecule has 2 aromatic carbocycles.